The minimum absolute atomic E-state index is 0.0152. The molecule has 2 heterocycles. The molecule has 1 aliphatic heterocycles. The SMILES string of the molecule is O=C(NCC(=O)N1CCc2ccccc21)C(Cc1ccccn1)c1ccccc1. The van der Waals surface area contributed by atoms with E-state index in [-0.39, 0.29) is 18.4 Å². The van der Waals surface area contributed by atoms with Gasteiger partial charge < -0.3 is 10.2 Å². The van der Waals surface area contributed by atoms with Gasteiger partial charge in [-0.1, -0.05) is 54.6 Å². The second-order valence-corrected chi connectivity index (χ2v) is 7.13. The number of para-hydroxylation sites is 1. The molecule has 5 nitrogen and oxygen atoms in total. The smallest absolute Gasteiger partial charge is 0.246 e. The Balaban J connectivity index is 1.45. The van der Waals surface area contributed by atoms with Gasteiger partial charge in [0, 0.05) is 30.5 Å². The minimum atomic E-state index is -0.398. The summed E-state index contributed by atoms with van der Waals surface area (Å²) in [7, 11) is 0. The van der Waals surface area contributed by atoms with Crippen molar-refractivity contribution in [1.29, 1.82) is 0 Å². The molecule has 2 aromatic carbocycles. The molecule has 4 rings (SSSR count). The van der Waals surface area contributed by atoms with Crippen LogP contribution in [0, 0.1) is 0 Å². The third-order valence-electron chi connectivity index (χ3n) is 5.26. The highest BCUT2D eigenvalue weighted by atomic mass is 16.2. The zero-order chi connectivity index (χ0) is 20.1. The van der Waals surface area contributed by atoms with Gasteiger partial charge in [0.2, 0.25) is 11.8 Å². The largest absolute Gasteiger partial charge is 0.346 e. The van der Waals surface area contributed by atoms with Crippen LogP contribution in [0.25, 0.3) is 0 Å². The van der Waals surface area contributed by atoms with Crippen molar-refractivity contribution in [3.05, 3.63) is 95.8 Å². The lowest BCUT2D eigenvalue weighted by molar-refractivity contribution is -0.126. The van der Waals surface area contributed by atoms with E-state index in [2.05, 4.69) is 10.3 Å². The lowest BCUT2D eigenvalue weighted by Crippen LogP contribution is -2.41. The lowest BCUT2D eigenvalue weighted by atomic mass is 9.93. The van der Waals surface area contributed by atoms with Crippen LogP contribution in [0.2, 0.25) is 0 Å². The highest BCUT2D eigenvalue weighted by molar-refractivity contribution is 5.99. The molecule has 0 fully saturated rings. The summed E-state index contributed by atoms with van der Waals surface area (Å²) >= 11 is 0. The van der Waals surface area contributed by atoms with Crippen LogP contribution in [0.1, 0.15) is 22.7 Å². The minimum Gasteiger partial charge on any atom is -0.346 e. The van der Waals surface area contributed by atoms with Crippen molar-refractivity contribution < 1.29 is 9.59 Å². The second kappa shape index (κ2) is 8.69. The van der Waals surface area contributed by atoms with Crippen LogP contribution >= 0.6 is 0 Å². The summed E-state index contributed by atoms with van der Waals surface area (Å²) < 4.78 is 0. The summed E-state index contributed by atoms with van der Waals surface area (Å²) in [4.78, 5) is 31.8. The topological polar surface area (TPSA) is 62.3 Å². The van der Waals surface area contributed by atoms with Crippen LogP contribution in [-0.4, -0.2) is 29.9 Å². The number of benzene rings is 2. The van der Waals surface area contributed by atoms with Crippen molar-refractivity contribution in [2.24, 2.45) is 0 Å². The number of amides is 2. The molecule has 0 aliphatic carbocycles. The number of hydrogen-bond donors (Lipinski definition) is 1. The standard InChI is InChI=1S/C24H23N3O2/c28-23(27-15-13-19-10-4-5-12-22(19)27)17-26-24(29)21(18-8-2-1-3-9-18)16-20-11-6-7-14-25-20/h1-12,14,21H,13,15-17H2,(H,26,29). The molecule has 1 unspecified atom stereocenters. The Morgan fingerprint density at radius 1 is 0.966 bits per heavy atom. The number of carbonyl (C=O) groups is 2. The van der Waals surface area contributed by atoms with Crippen LogP contribution in [0.3, 0.4) is 0 Å². The predicted molar refractivity (Wildman–Crippen MR) is 113 cm³/mol. The van der Waals surface area contributed by atoms with E-state index in [1.54, 1.807) is 11.1 Å². The van der Waals surface area contributed by atoms with Crippen LogP contribution in [0.15, 0.2) is 79.0 Å². The molecule has 1 aromatic heterocycles. The molecule has 5 heteroatoms. The van der Waals surface area contributed by atoms with Gasteiger partial charge in [0.15, 0.2) is 0 Å². The van der Waals surface area contributed by atoms with Crippen molar-refractivity contribution in [3.8, 4) is 0 Å². The van der Waals surface area contributed by atoms with Gasteiger partial charge in [-0.25, -0.2) is 0 Å². The Labute approximate surface area is 170 Å². The summed E-state index contributed by atoms with van der Waals surface area (Å²) in [5, 5.41) is 2.85. The Morgan fingerprint density at radius 2 is 1.72 bits per heavy atom. The maximum absolute atomic E-state index is 13.0. The number of rotatable bonds is 6. The first-order chi connectivity index (χ1) is 14.2. The van der Waals surface area contributed by atoms with Gasteiger partial charge in [-0.2, -0.15) is 0 Å². The molecule has 146 valence electrons. The van der Waals surface area contributed by atoms with Crippen LogP contribution in [0.4, 0.5) is 5.69 Å². The average molecular weight is 385 g/mol. The van der Waals surface area contributed by atoms with Gasteiger partial charge in [-0.15, -0.1) is 0 Å². The van der Waals surface area contributed by atoms with Crippen LogP contribution < -0.4 is 10.2 Å². The fourth-order valence-electron chi connectivity index (χ4n) is 3.75. The number of pyridine rings is 1. The number of carbonyl (C=O) groups excluding carboxylic acids is 2. The van der Waals surface area contributed by atoms with Crippen molar-refractivity contribution in [2.45, 2.75) is 18.8 Å². The molecular weight excluding hydrogens is 362 g/mol. The molecular formula is C24H23N3O2. The van der Waals surface area contributed by atoms with Gasteiger partial charge in [-0.05, 0) is 35.7 Å². The average Bonchev–Trinajstić information content (AvgIpc) is 3.21. The van der Waals surface area contributed by atoms with Gasteiger partial charge >= 0.3 is 0 Å². The molecule has 0 radical (unpaired) electrons. The van der Waals surface area contributed by atoms with E-state index in [1.807, 2.05) is 72.8 Å². The molecule has 0 spiro atoms. The third-order valence-corrected chi connectivity index (χ3v) is 5.26. The zero-order valence-electron chi connectivity index (χ0n) is 16.1. The van der Waals surface area contributed by atoms with Crippen LogP contribution in [-0.2, 0) is 22.4 Å². The van der Waals surface area contributed by atoms with Gasteiger partial charge in [0.25, 0.3) is 0 Å². The van der Waals surface area contributed by atoms with E-state index in [0.29, 0.717) is 13.0 Å². The maximum atomic E-state index is 13.0. The number of anilines is 1. The van der Waals surface area contributed by atoms with Gasteiger partial charge in [-0.3, -0.25) is 14.6 Å². The first kappa shape index (κ1) is 18.9. The van der Waals surface area contributed by atoms with E-state index >= 15 is 0 Å². The predicted octanol–water partition coefficient (Wildman–Crippen LogP) is 3.11. The first-order valence-electron chi connectivity index (χ1n) is 9.83. The molecule has 3 aromatic rings. The Kier molecular flexibility index (Phi) is 5.66. The fraction of sp³-hybridized carbons (Fsp3) is 0.208. The van der Waals surface area contributed by atoms with Gasteiger partial charge in [0.05, 0.1) is 12.5 Å². The van der Waals surface area contributed by atoms with Crippen molar-refractivity contribution in [2.75, 3.05) is 18.0 Å². The number of fused-ring (bicyclic) bond motifs is 1. The van der Waals surface area contributed by atoms with Crippen molar-refractivity contribution in [1.82, 2.24) is 10.3 Å². The Bertz CT molecular complexity index is 989. The normalized spacial score (nSPS) is 13.6. The fourth-order valence-corrected chi connectivity index (χ4v) is 3.75. The lowest BCUT2D eigenvalue weighted by Gasteiger charge is -2.20. The zero-order valence-corrected chi connectivity index (χ0v) is 16.1. The van der Waals surface area contributed by atoms with E-state index in [4.69, 9.17) is 0 Å². The number of hydrogen-bond acceptors (Lipinski definition) is 3. The number of nitrogens with one attached hydrogen (secondary N) is 1. The summed E-state index contributed by atoms with van der Waals surface area (Å²) in [5.74, 6) is -0.652. The Morgan fingerprint density at radius 3 is 2.52 bits per heavy atom. The summed E-state index contributed by atoms with van der Waals surface area (Å²) in [5.41, 5.74) is 3.87. The van der Waals surface area contributed by atoms with Crippen molar-refractivity contribution in [3.63, 3.8) is 0 Å². The monoisotopic (exact) mass is 385 g/mol. The van der Waals surface area contributed by atoms with E-state index in [0.717, 1.165) is 23.4 Å². The first-order valence-corrected chi connectivity index (χ1v) is 9.83. The highest BCUT2D eigenvalue weighted by Gasteiger charge is 2.26. The number of aromatic nitrogens is 1. The molecule has 0 saturated carbocycles. The molecule has 0 bridgehead atoms. The van der Waals surface area contributed by atoms with Crippen LogP contribution in [0.5, 0.6) is 0 Å². The van der Waals surface area contributed by atoms with E-state index in [9.17, 15) is 9.59 Å². The maximum Gasteiger partial charge on any atom is 0.246 e. The summed E-state index contributed by atoms with van der Waals surface area (Å²) in [6, 6.07) is 23.2. The molecule has 29 heavy (non-hydrogen) atoms. The quantitative estimate of drug-likeness (QED) is 0.709. The van der Waals surface area contributed by atoms with E-state index in [1.165, 1.54) is 5.56 Å². The Hall–Kier alpha value is -3.47. The number of nitrogens with zero attached hydrogens (tertiary/aromatic N) is 2. The van der Waals surface area contributed by atoms with Crippen molar-refractivity contribution >= 4 is 17.5 Å². The van der Waals surface area contributed by atoms with Gasteiger partial charge in [0.1, 0.15) is 0 Å². The van der Waals surface area contributed by atoms with E-state index < -0.39 is 5.92 Å². The molecule has 1 aliphatic rings. The highest BCUT2D eigenvalue weighted by Crippen LogP contribution is 2.27. The summed E-state index contributed by atoms with van der Waals surface area (Å²) in [6.45, 7) is 0.642. The molecule has 0 saturated heterocycles. The summed E-state index contributed by atoms with van der Waals surface area (Å²) in [6.07, 6.45) is 3.06. The molecule has 1 atom stereocenters. The second-order valence-electron chi connectivity index (χ2n) is 7.13. The molecule has 1 N–H and O–H groups in total. The third kappa shape index (κ3) is 4.35. The molecule has 2 amide bonds.